The molecule has 0 aliphatic rings. The zero-order valence-corrected chi connectivity index (χ0v) is 7.28. The fourth-order valence-corrected chi connectivity index (χ4v) is 2.04. The fraction of sp³-hybridized carbons (Fsp3) is 0. The molecule has 0 radical (unpaired) electrons. The zero-order valence-electron chi connectivity index (χ0n) is 7.47. The molecule has 2 nitrogen and oxygen atoms in total. The van der Waals surface area contributed by atoms with Crippen LogP contribution in [0.5, 0.6) is 0 Å². The number of nitrogen functional groups attached to an aromatic ring is 1. The van der Waals surface area contributed by atoms with Crippen molar-refractivity contribution in [1.82, 2.24) is 0 Å². The molecule has 0 aliphatic heterocycles. The summed E-state index contributed by atoms with van der Waals surface area (Å²) in [5.41, 5.74) is 5.75. The van der Waals surface area contributed by atoms with E-state index >= 15 is 0 Å². The van der Waals surface area contributed by atoms with Gasteiger partial charge in [0, 0.05) is 5.39 Å². The quantitative estimate of drug-likeness (QED) is 0.698. The highest BCUT2D eigenvalue weighted by Gasteiger charge is 2.11. The number of hydrogen-bond donors (Lipinski definition) is 1. The fourth-order valence-electron chi connectivity index (χ4n) is 1.14. The second-order valence-corrected chi connectivity index (χ2v) is 3.54. The van der Waals surface area contributed by atoms with Crippen LogP contribution in [0.1, 0.15) is 6.93 Å². The van der Waals surface area contributed by atoms with Gasteiger partial charge in [0.05, 0.1) is 11.6 Å². The molecule has 64 valence electrons. The Morgan fingerprint density at radius 3 is 3.15 bits per heavy atom. The first-order valence-corrected chi connectivity index (χ1v) is 4.34. The van der Waals surface area contributed by atoms with Gasteiger partial charge in [0.15, 0.2) is 0 Å². The van der Waals surface area contributed by atoms with Crippen molar-refractivity contribution in [1.29, 1.82) is 5.26 Å². The number of nitrogens with two attached hydrogens (primary N) is 1. The minimum absolute atomic E-state index is 0.130. The Morgan fingerprint density at radius 2 is 2.46 bits per heavy atom. The minimum atomic E-state index is -0.436. The molecule has 1 aromatic heterocycles. The number of nitriles is 1. The van der Waals surface area contributed by atoms with Crippen molar-refractivity contribution >= 4 is 26.4 Å². The largest absolute Gasteiger partial charge is 0.389 e. The summed E-state index contributed by atoms with van der Waals surface area (Å²) in [4.78, 5) is 0. The van der Waals surface area contributed by atoms with Crippen molar-refractivity contribution in [3.8, 4) is 6.07 Å². The molecule has 0 bridgehead atoms. The molecule has 0 amide bonds. The van der Waals surface area contributed by atoms with E-state index in [1.165, 1.54) is 12.1 Å². The Balaban J connectivity index is 3.03. The van der Waals surface area contributed by atoms with Crippen LogP contribution in [-0.4, -0.2) is 0 Å². The van der Waals surface area contributed by atoms with Crippen LogP contribution in [0.25, 0.3) is 10.1 Å². The van der Waals surface area contributed by atoms with E-state index in [0.29, 0.717) is 5.39 Å². The number of thiophene rings is 1. The predicted molar refractivity (Wildman–Crippen MR) is 50.9 cm³/mol. The molecule has 0 spiro atoms. The molecular weight excluding hydrogens is 187 g/mol. The molecule has 2 rings (SSSR count). The van der Waals surface area contributed by atoms with E-state index in [4.69, 9.17) is 12.4 Å². The van der Waals surface area contributed by atoms with Gasteiger partial charge in [0.2, 0.25) is 0 Å². The van der Waals surface area contributed by atoms with E-state index in [1.54, 1.807) is 0 Å². The van der Waals surface area contributed by atoms with Crippen LogP contribution in [0.3, 0.4) is 0 Å². The van der Waals surface area contributed by atoms with Gasteiger partial charge in [-0.1, -0.05) is 12.1 Å². The molecular formula is C9H5FN2S. The maximum Gasteiger partial charge on any atom is 0.141 e. The van der Waals surface area contributed by atoms with Gasteiger partial charge in [-0.15, -0.1) is 11.3 Å². The zero-order chi connectivity index (χ0) is 10.3. The first kappa shape index (κ1) is 6.87. The van der Waals surface area contributed by atoms with Crippen molar-refractivity contribution in [2.75, 3.05) is 5.73 Å². The number of anilines is 1. The number of fused-ring (bicyclic) bond motifs is 1. The van der Waals surface area contributed by atoms with Crippen LogP contribution in [0.15, 0.2) is 18.2 Å². The second kappa shape index (κ2) is 2.71. The summed E-state index contributed by atoms with van der Waals surface area (Å²) in [6.07, 6.45) is 0. The number of halogens is 1. The standard InChI is InChI=1S/C9H5FN2S/c10-7-3-1-2-5-6(4-11)9(12)13-8(5)7/h1-3H,12H2/i2D. The lowest BCUT2D eigenvalue weighted by Crippen LogP contribution is -1.81. The van der Waals surface area contributed by atoms with Gasteiger partial charge in [0.25, 0.3) is 0 Å². The molecule has 2 aromatic rings. The van der Waals surface area contributed by atoms with Gasteiger partial charge < -0.3 is 5.73 Å². The van der Waals surface area contributed by atoms with Gasteiger partial charge in [-0.3, -0.25) is 0 Å². The Hall–Kier alpha value is -1.60. The van der Waals surface area contributed by atoms with Gasteiger partial charge in [-0.2, -0.15) is 5.26 Å². The van der Waals surface area contributed by atoms with E-state index in [0.717, 1.165) is 11.3 Å². The Labute approximate surface area is 79.4 Å². The molecule has 0 saturated heterocycles. The second-order valence-electron chi connectivity index (χ2n) is 2.48. The molecule has 0 unspecified atom stereocenters. The van der Waals surface area contributed by atoms with Gasteiger partial charge >= 0.3 is 0 Å². The highest BCUT2D eigenvalue weighted by molar-refractivity contribution is 7.23. The van der Waals surface area contributed by atoms with Crippen molar-refractivity contribution in [3.63, 3.8) is 0 Å². The lowest BCUT2D eigenvalue weighted by molar-refractivity contribution is 0.642. The third-order valence-corrected chi connectivity index (χ3v) is 2.75. The number of benzene rings is 1. The highest BCUT2D eigenvalue weighted by atomic mass is 32.1. The van der Waals surface area contributed by atoms with Crippen molar-refractivity contribution < 1.29 is 5.76 Å². The Morgan fingerprint density at radius 1 is 1.69 bits per heavy atom. The summed E-state index contributed by atoms with van der Waals surface area (Å²) in [6.45, 7) is 0. The third kappa shape index (κ3) is 1.05. The molecule has 4 heteroatoms. The minimum Gasteiger partial charge on any atom is -0.389 e. The van der Waals surface area contributed by atoms with Crippen LogP contribution in [0, 0.1) is 17.1 Å². The smallest absolute Gasteiger partial charge is 0.141 e. The van der Waals surface area contributed by atoms with E-state index in [9.17, 15) is 4.39 Å². The summed E-state index contributed by atoms with van der Waals surface area (Å²) in [6, 6.07) is 4.55. The van der Waals surface area contributed by atoms with Gasteiger partial charge in [-0.25, -0.2) is 4.39 Å². The molecule has 13 heavy (non-hydrogen) atoms. The summed E-state index contributed by atoms with van der Waals surface area (Å²) in [5.74, 6) is -0.436. The van der Waals surface area contributed by atoms with Crippen LogP contribution in [0.4, 0.5) is 9.39 Å². The number of hydrogen-bond acceptors (Lipinski definition) is 3. The third-order valence-electron chi connectivity index (χ3n) is 1.72. The van der Waals surface area contributed by atoms with Crippen molar-refractivity contribution in [2.24, 2.45) is 0 Å². The lowest BCUT2D eigenvalue weighted by atomic mass is 10.2. The SMILES string of the molecule is [2H]c1ccc(F)c2sc(N)c(C#N)c12. The van der Waals surface area contributed by atoms with Crippen LogP contribution in [0.2, 0.25) is 0 Å². The molecule has 1 aromatic carbocycles. The van der Waals surface area contributed by atoms with Crippen molar-refractivity contribution in [3.05, 3.63) is 29.6 Å². The average molecular weight is 193 g/mol. The summed E-state index contributed by atoms with van der Waals surface area (Å²) >= 11 is 1.00. The molecule has 0 aliphatic carbocycles. The maximum atomic E-state index is 13.3. The van der Waals surface area contributed by atoms with Gasteiger partial charge in [0.1, 0.15) is 16.9 Å². The predicted octanol–water partition coefficient (Wildman–Crippen LogP) is 2.49. The van der Waals surface area contributed by atoms with Crippen molar-refractivity contribution in [2.45, 2.75) is 0 Å². The number of nitrogens with zero attached hydrogens (tertiary/aromatic N) is 1. The van der Waals surface area contributed by atoms with E-state index in [1.807, 2.05) is 6.07 Å². The monoisotopic (exact) mass is 193 g/mol. The Bertz CT molecular complexity index is 556. The molecule has 0 atom stereocenters. The van der Waals surface area contributed by atoms with E-state index in [2.05, 4.69) is 0 Å². The molecule has 0 fully saturated rings. The number of rotatable bonds is 0. The van der Waals surface area contributed by atoms with Crippen LogP contribution >= 0.6 is 11.3 Å². The Kier molecular flexibility index (Phi) is 1.43. The maximum absolute atomic E-state index is 13.3. The highest BCUT2D eigenvalue weighted by Crippen LogP contribution is 2.34. The lowest BCUT2D eigenvalue weighted by Gasteiger charge is -1.89. The van der Waals surface area contributed by atoms with Crippen LogP contribution in [-0.2, 0) is 0 Å². The summed E-state index contributed by atoms with van der Waals surface area (Å²) < 4.78 is 21.1. The molecule has 0 saturated carbocycles. The first-order valence-electron chi connectivity index (χ1n) is 4.02. The first-order chi connectivity index (χ1) is 6.65. The normalized spacial score (nSPS) is 11.2. The molecule has 1 heterocycles. The summed E-state index contributed by atoms with van der Waals surface area (Å²) in [7, 11) is 0. The van der Waals surface area contributed by atoms with Crippen LogP contribution < -0.4 is 5.73 Å². The van der Waals surface area contributed by atoms with E-state index < -0.39 is 5.82 Å². The molecule has 2 N–H and O–H groups in total. The topological polar surface area (TPSA) is 49.8 Å². The van der Waals surface area contributed by atoms with Gasteiger partial charge in [-0.05, 0) is 6.07 Å². The summed E-state index contributed by atoms with van der Waals surface area (Å²) in [5, 5.41) is 9.37. The average Bonchev–Trinajstić information content (AvgIpc) is 2.50. The van der Waals surface area contributed by atoms with E-state index in [-0.39, 0.29) is 21.3 Å².